The van der Waals surface area contributed by atoms with Gasteiger partial charge in [-0.25, -0.2) is 4.98 Å². The van der Waals surface area contributed by atoms with Gasteiger partial charge in [0.15, 0.2) is 0 Å². The number of hydrogen-bond acceptors (Lipinski definition) is 5. The summed E-state index contributed by atoms with van der Waals surface area (Å²) in [5, 5.41) is 4.53. The maximum atomic E-state index is 13.1. The van der Waals surface area contributed by atoms with Gasteiger partial charge in [0.1, 0.15) is 15.6 Å². The molecule has 1 N–H and O–H groups in total. The first kappa shape index (κ1) is 18.4. The number of ether oxygens (including phenoxy) is 1. The number of carbonyl (C=O) groups is 1. The van der Waals surface area contributed by atoms with Crippen LogP contribution in [0.5, 0.6) is 5.75 Å². The van der Waals surface area contributed by atoms with Crippen LogP contribution in [0.15, 0.2) is 24.3 Å². The molecule has 0 aliphatic carbocycles. The maximum Gasteiger partial charge on any atom is 0.265 e. The van der Waals surface area contributed by atoms with Crippen LogP contribution in [0.25, 0.3) is 10.6 Å². The number of aromatic nitrogens is 1. The Hall–Kier alpha value is -1.92. The number of carbonyl (C=O) groups excluding carboxylic acids is 1. The first-order valence-corrected chi connectivity index (χ1v) is 10.6. The van der Waals surface area contributed by atoms with Gasteiger partial charge in [0.05, 0.1) is 12.3 Å². The second kappa shape index (κ2) is 7.60. The van der Waals surface area contributed by atoms with Gasteiger partial charge in [-0.05, 0) is 63.8 Å². The predicted molar refractivity (Wildman–Crippen MR) is 109 cm³/mol. The number of fused-ring (bicyclic) bond motifs is 2. The number of benzene rings is 1. The molecule has 2 aliphatic heterocycles. The molecule has 2 fully saturated rings. The first-order valence-electron chi connectivity index (χ1n) is 9.79. The summed E-state index contributed by atoms with van der Waals surface area (Å²) in [6.45, 7) is 4.56. The van der Waals surface area contributed by atoms with Gasteiger partial charge in [-0.2, -0.15) is 0 Å². The molecule has 4 rings (SSSR count). The van der Waals surface area contributed by atoms with Crippen LogP contribution in [-0.2, 0) is 0 Å². The summed E-state index contributed by atoms with van der Waals surface area (Å²) in [7, 11) is 1.95. The third kappa shape index (κ3) is 3.73. The van der Waals surface area contributed by atoms with Gasteiger partial charge >= 0.3 is 0 Å². The number of nitrogens with zero attached hydrogens (tertiary/aromatic N) is 2. The quantitative estimate of drug-likeness (QED) is 0.849. The van der Waals surface area contributed by atoms with Crippen molar-refractivity contribution in [2.45, 2.75) is 57.7 Å². The molecule has 0 radical (unpaired) electrons. The lowest BCUT2D eigenvalue weighted by atomic mass is 9.98. The van der Waals surface area contributed by atoms with E-state index in [1.54, 1.807) is 0 Å². The van der Waals surface area contributed by atoms with Gasteiger partial charge in [0.25, 0.3) is 5.91 Å². The topological polar surface area (TPSA) is 54.5 Å². The maximum absolute atomic E-state index is 13.1. The average molecular weight is 386 g/mol. The van der Waals surface area contributed by atoms with Crippen molar-refractivity contribution >= 4 is 17.2 Å². The van der Waals surface area contributed by atoms with Crippen LogP contribution < -0.4 is 10.1 Å². The molecule has 2 unspecified atom stereocenters. The minimum atomic E-state index is 0.105. The number of amides is 1. The zero-order valence-electron chi connectivity index (χ0n) is 16.2. The van der Waals surface area contributed by atoms with Crippen molar-refractivity contribution < 1.29 is 9.53 Å². The summed E-state index contributed by atoms with van der Waals surface area (Å²) in [6, 6.07) is 9.39. The van der Waals surface area contributed by atoms with Gasteiger partial charge in [0, 0.05) is 30.7 Å². The van der Waals surface area contributed by atoms with E-state index in [1.807, 2.05) is 50.1 Å². The normalized spacial score (nSPS) is 24.0. The minimum Gasteiger partial charge on any atom is -0.494 e. The Morgan fingerprint density at radius 1 is 1.26 bits per heavy atom. The third-order valence-electron chi connectivity index (χ3n) is 5.72. The molecule has 2 saturated heterocycles. The highest BCUT2D eigenvalue weighted by Crippen LogP contribution is 2.33. The number of thiazole rings is 1. The number of rotatable bonds is 5. The number of nitrogens with one attached hydrogen (secondary N) is 1. The second-order valence-corrected chi connectivity index (χ2v) is 8.57. The molecule has 0 saturated carbocycles. The monoisotopic (exact) mass is 385 g/mol. The highest BCUT2D eigenvalue weighted by molar-refractivity contribution is 7.17. The predicted octanol–water partition coefficient (Wildman–Crippen LogP) is 3.87. The lowest BCUT2D eigenvalue weighted by molar-refractivity contribution is 0.0685. The fraction of sp³-hybridized carbons (Fsp3) is 0.524. The zero-order chi connectivity index (χ0) is 19.0. The highest BCUT2D eigenvalue weighted by atomic mass is 32.1. The molecule has 3 heterocycles. The summed E-state index contributed by atoms with van der Waals surface area (Å²) < 4.78 is 5.50. The van der Waals surface area contributed by atoms with E-state index in [-0.39, 0.29) is 5.91 Å². The van der Waals surface area contributed by atoms with Crippen LogP contribution in [0, 0.1) is 6.92 Å². The smallest absolute Gasteiger partial charge is 0.265 e. The Labute approximate surface area is 164 Å². The fourth-order valence-corrected chi connectivity index (χ4v) is 5.30. The third-order valence-corrected chi connectivity index (χ3v) is 6.91. The van der Waals surface area contributed by atoms with Gasteiger partial charge in [-0.15, -0.1) is 11.3 Å². The van der Waals surface area contributed by atoms with E-state index >= 15 is 0 Å². The molecule has 2 aromatic rings. The standard InChI is InChI=1S/C21H27N3O2S/c1-4-26-18-9-5-14(6-10-18)20-22-13(2)19(27-20)21(25)24(3)17-11-15-7-8-16(12-17)23-15/h5-6,9-10,15-17,23H,4,7-8,11-12H2,1-3H3. The van der Waals surface area contributed by atoms with E-state index in [4.69, 9.17) is 4.74 Å². The molecule has 2 bridgehead atoms. The summed E-state index contributed by atoms with van der Waals surface area (Å²) in [4.78, 5) is 20.5. The Morgan fingerprint density at radius 2 is 1.93 bits per heavy atom. The lowest BCUT2D eigenvalue weighted by Gasteiger charge is -2.35. The van der Waals surface area contributed by atoms with Crippen LogP contribution >= 0.6 is 11.3 Å². The van der Waals surface area contributed by atoms with E-state index in [2.05, 4.69) is 10.3 Å². The molecule has 2 aliphatic rings. The van der Waals surface area contributed by atoms with Crippen LogP contribution in [0.1, 0.15) is 48.0 Å². The molecule has 1 aromatic heterocycles. The minimum absolute atomic E-state index is 0.105. The van der Waals surface area contributed by atoms with Crippen molar-refractivity contribution in [3.8, 4) is 16.3 Å². The number of piperidine rings is 1. The summed E-state index contributed by atoms with van der Waals surface area (Å²) in [6.07, 6.45) is 4.60. The van der Waals surface area contributed by atoms with Crippen molar-refractivity contribution in [2.24, 2.45) is 0 Å². The van der Waals surface area contributed by atoms with Crippen molar-refractivity contribution in [3.63, 3.8) is 0 Å². The summed E-state index contributed by atoms with van der Waals surface area (Å²) >= 11 is 1.49. The molecule has 144 valence electrons. The Bertz CT molecular complexity index is 805. The molecule has 1 amide bonds. The summed E-state index contributed by atoms with van der Waals surface area (Å²) in [5.74, 6) is 0.958. The Kier molecular flexibility index (Phi) is 5.19. The first-order chi connectivity index (χ1) is 13.0. The van der Waals surface area contributed by atoms with Crippen molar-refractivity contribution in [1.29, 1.82) is 0 Å². The van der Waals surface area contributed by atoms with Crippen LogP contribution in [0.4, 0.5) is 0 Å². The molecule has 27 heavy (non-hydrogen) atoms. The average Bonchev–Trinajstić information content (AvgIpc) is 3.23. The van der Waals surface area contributed by atoms with Gasteiger partial charge in [-0.3, -0.25) is 4.79 Å². The molecule has 2 atom stereocenters. The molecule has 6 heteroatoms. The number of hydrogen-bond donors (Lipinski definition) is 1. The van der Waals surface area contributed by atoms with Crippen molar-refractivity contribution in [3.05, 3.63) is 34.8 Å². The van der Waals surface area contributed by atoms with E-state index in [1.165, 1.54) is 24.2 Å². The summed E-state index contributed by atoms with van der Waals surface area (Å²) in [5.41, 5.74) is 1.84. The van der Waals surface area contributed by atoms with E-state index in [0.29, 0.717) is 24.7 Å². The van der Waals surface area contributed by atoms with Gasteiger partial charge in [0.2, 0.25) is 0 Å². The van der Waals surface area contributed by atoms with Crippen molar-refractivity contribution in [1.82, 2.24) is 15.2 Å². The van der Waals surface area contributed by atoms with Gasteiger partial charge in [-0.1, -0.05) is 0 Å². The van der Waals surface area contributed by atoms with Crippen LogP contribution in [0.3, 0.4) is 0 Å². The Balaban J connectivity index is 1.51. The SMILES string of the molecule is CCOc1ccc(-c2nc(C)c(C(=O)N(C)C3CC4CCC(C3)N4)s2)cc1. The van der Waals surface area contributed by atoms with E-state index in [0.717, 1.165) is 39.7 Å². The molecular weight excluding hydrogens is 358 g/mol. The largest absolute Gasteiger partial charge is 0.494 e. The molecule has 0 spiro atoms. The Morgan fingerprint density at radius 3 is 2.56 bits per heavy atom. The van der Waals surface area contributed by atoms with E-state index < -0.39 is 0 Å². The fourth-order valence-electron chi connectivity index (χ4n) is 4.25. The lowest BCUT2D eigenvalue weighted by Crippen LogP contribution is -2.48. The number of aryl methyl sites for hydroxylation is 1. The van der Waals surface area contributed by atoms with Crippen LogP contribution in [-0.4, -0.2) is 47.6 Å². The van der Waals surface area contributed by atoms with Crippen LogP contribution in [0.2, 0.25) is 0 Å². The second-order valence-electron chi connectivity index (χ2n) is 7.57. The zero-order valence-corrected chi connectivity index (χ0v) is 17.0. The molecular formula is C21H27N3O2S. The van der Waals surface area contributed by atoms with Crippen molar-refractivity contribution in [2.75, 3.05) is 13.7 Å². The molecule has 1 aromatic carbocycles. The van der Waals surface area contributed by atoms with Gasteiger partial charge < -0.3 is 15.0 Å². The highest BCUT2D eigenvalue weighted by Gasteiger charge is 2.37. The molecule has 5 nitrogen and oxygen atoms in total. The van der Waals surface area contributed by atoms with E-state index in [9.17, 15) is 4.79 Å².